The van der Waals surface area contributed by atoms with Crippen molar-refractivity contribution in [3.8, 4) is 11.5 Å². The van der Waals surface area contributed by atoms with Crippen LogP contribution in [0.1, 0.15) is 12.0 Å². The summed E-state index contributed by atoms with van der Waals surface area (Å²) in [4.78, 5) is 2.45. The molecule has 4 heteroatoms. The zero-order valence-electron chi connectivity index (χ0n) is 11.9. The molecule has 1 aliphatic rings. The van der Waals surface area contributed by atoms with Gasteiger partial charge >= 0.3 is 0 Å². The molecule has 0 saturated carbocycles. The molecule has 1 aliphatic heterocycles. The zero-order valence-corrected chi connectivity index (χ0v) is 11.9. The van der Waals surface area contributed by atoms with E-state index in [1.807, 2.05) is 12.1 Å². The van der Waals surface area contributed by atoms with E-state index in [2.05, 4.69) is 11.0 Å². The molecule has 0 spiro atoms. The lowest BCUT2D eigenvalue weighted by molar-refractivity contribution is 0.0374. The monoisotopic (exact) mass is 265 g/mol. The molecule has 0 atom stereocenters. The summed E-state index contributed by atoms with van der Waals surface area (Å²) >= 11 is 0. The minimum Gasteiger partial charge on any atom is -0.493 e. The summed E-state index contributed by atoms with van der Waals surface area (Å²) in [6.07, 6.45) is 2.14. The summed E-state index contributed by atoms with van der Waals surface area (Å²) in [6.45, 7) is 4.94. The average molecular weight is 265 g/mol. The molecule has 1 fully saturated rings. The van der Waals surface area contributed by atoms with Crippen LogP contribution in [0.3, 0.4) is 0 Å². The third-order valence-corrected chi connectivity index (χ3v) is 3.51. The quantitative estimate of drug-likeness (QED) is 0.787. The van der Waals surface area contributed by atoms with E-state index < -0.39 is 0 Å². The summed E-state index contributed by atoms with van der Waals surface area (Å²) < 4.78 is 16.1. The molecule has 1 heterocycles. The molecule has 1 aromatic carbocycles. The molecular weight excluding hydrogens is 242 g/mol. The van der Waals surface area contributed by atoms with Crippen LogP contribution in [0, 0.1) is 0 Å². The van der Waals surface area contributed by atoms with Crippen LogP contribution in [0.25, 0.3) is 0 Å². The predicted molar refractivity (Wildman–Crippen MR) is 75.1 cm³/mol. The van der Waals surface area contributed by atoms with Gasteiger partial charge in [-0.1, -0.05) is 12.1 Å². The van der Waals surface area contributed by atoms with E-state index in [0.29, 0.717) is 0 Å². The van der Waals surface area contributed by atoms with Crippen molar-refractivity contribution >= 4 is 0 Å². The lowest BCUT2D eigenvalue weighted by Crippen LogP contribution is -2.36. The fraction of sp³-hybridized carbons (Fsp3) is 0.600. The Kier molecular flexibility index (Phi) is 5.48. The third kappa shape index (κ3) is 3.85. The van der Waals surface area contributed by atoms with E-state index in [1.54, 1.807) is 14.2 Å². The highest BCUT2D eigenvalue weighted by Crippen LogP contribution is 2.31. The van der Waals surface area contributed by atoms with Gasteiger partial charge in [0.05, 0.1) is 27.4 Å². The number of para-hydroxylation sites is 1. The van der Waals surface area contributed by atoms with Crippen molar-refractivity contribution in [1.82, 2.24) is 4.90 Å². The van der Waals surface area contributed by atoms with E-state index in [4.69, 9.17) is 14.2 Å². The Labute approximate surface area is 115 Å². The summed E-state index contributed by atoms with van der Waals surface area (Å²) in [5.74, 6) is 1.68. The molecule has 0 amide bonds. The molecule has 0 aromatic heterocycles. The maximum Gasteiger partial charge on any atom is 0.163 e. The van der Waals surface area contributed by atoms with Crippen LogP contribution in [-0.4, -0.2) is 52.0 Å². The molecule has 0 radical (unpaired) electrons. The van der Waals surface area contributed by atoms with Crippen molar-refractivity contribution in [2.24, 2.45) is 0 Å². The average Bonchev–Trinajstić information content (AvgIpc) is 2.48. The number of rotatable bonds is 6. The number of hydrogen-bond donors (Lipinski definition) is 0. The van der Waals surface area contributed by atoms with Crippen molar-refractivity contribution < 1.29 is 14.2 Å². The van der Waals surface area contributed by atoms with Crippen LogP contribution in [0.4, 0.5) is 0 Å². The fourth-order valence-corrected chi connectivity index (χ4v) is 2.47. The van der Waals surface area contributed by atoms with Gasteiger partial charge < -0.3 is 14.2 Å². The van der Waals surface area contributed by atoms with Gasteiger partial charge in [-0.2, -0.15) is 0 Å². The van der Waals surface area contributed by atoms with E-state index in [9.17, 15) is 0 Å². The maximum atomic E-state index is 5.45. The molecule has 106 valence electrons. The second kappa shape index (κ2) is 7.36. The summed E-state index contributed by atoms with van der Waals surface area (Å²) in [6, 6.07) is 6.07. The second-order valence-corrected chi connectivity index (χ2v) is 4.71. The summed E-state index contributed by atoms with van der Waals surface area (Å²) in [7, 11) is 3.37. The molecule has 2 rings (SSSR count). The van der Waals surface area contributed by atoms with Crippen molar-refractivity contribution in [2.45, 2.75) is 12.8 Å². The number of methoxy groups -OCH3 is 2. The van der Waals surface area contributed by atoms with Crippen LogP contribution >= 0.6 is 0 Å². The Morgan fingerprint density at radius 3 is 2.63 bits per heavy atom. The molecule has 19 heavy (non-hydrogen) atoms. The normalized spacial score (nSPS) is 16.3. The van der Waals surface area contributed by atoms with Gasteiger partial charge in [-0.3, -0.25) is 4.90 Å². The highest BCUT2D eigenvalue weighted by atomic mass is 16.5. The second-order valence-electron chi connectivity index (χ2n) is 4.71. The summed E-state index contributed by atoms with van der Waals surface area (Å²) in [5.41, 5.74) is 1.22. The van der Waals surface area contributed by atoms with E-state index in [-0.39, 0.29) is 0 Å². The first kappa shape index (κ1) is 14.2. The Morgan fingerprint density at radius 1 is 1.16 bits per heavy atom. The van der Waals surface area contributed by atoms with E-state index in [1.165, 1.54) is 5.56 Å². The lowest BCUT2D eigenvalue weighted by atomic mass is 10.1. The number of morpholine rings is 1. The van der Waals surface area contributed by atoms with Crippen molar-refractivity contribution in [2.75, 3.05) is 47.1 Å². The standard InChI is InChI=1S/C15H23NO3/c1-17-14-7-3-5-13(15(14)18-2)6-4-8-16-9-11-19-12-10-16/h3,5,7H,4,6,8-12H2,1-2H3. The largest absolute Gasteiger partial charge is 0.493 e. The highest BCUT2D eigenvalue weighted by Gasteiger charge is 2.12. The van der Waals surface area contributed by atoms with Crippen LogP contribution in [0.2, 0.25) is 0 Å². The summed E-state index contributed by atoms with van der Waals surface area (Å²) in [5, 5.41) is 0. The first-order chi connectivity index (χ1) is 9.35. The van der Waals surface area contributed by atoms with Crippen LogP contribution in [0.5, 0.6) is 11.5 Å². The van der Waals surface area contributed by atoms with Gasteiger partial charge in [-0.15, -0.1) is 0 Å². The minimum absolute atomic E-state index is 0.811. The van der Waals surface area contributed by atoms with Gasteiger partial charge in [0.2, 0.25) is 0 Å². The predicted octanol–water partition coefficient (Wildman–Crippen LogP) is 1.97. The van der Waals surface area contributed by atoms with Gasteiger partial charge in [-0.25, -0.2) is 0 Å². The third-order valence-electron chi connectivity index (χ3n) is 3.51. The molecule has 0 N–H and O–H groups in total. The van der Waals surface area contributed by atoms with Crippen LogP contribution < -0.4 is 9.47 Å². The Morgan fingerprint density at radius 2 is 1.95 bits per heavy atom. The number of nitrogens with zero attached hydrogens (tertiary/aromatic N) is 1. The zero-order chi connectivity index (χ0) is 13.5. The van der Waals surface area contributed by atoms with Crippen LogP contribution in [-0.2, 0) is 11.2 Å². The first-order valence-electron chi connectivity index (χ1n) is 6.85. The van der Waals surface area contributed by atoms with Gasteiger partial charge in [0, 0.05) is 13.1 Å². The first-order valence-corrected chi connectivity index (χ1v) is 6.85. The van der Waals surface area contributed by atoms with Crippen molar-refractivity contribution in [3.63, 3.8) is 0 Å². The van der Waals surface area contributed by atoms with E-state index >= 15 is 0 Å². The molecule has 4 nitrogen and oxygen atoms in total. The smallest absolute Gasteiger partial charge is 0.163 e. The molecule has 0 bridgehead atoms. The Hall–Kier alpha value is -1.26. The van der Waals surface area contributed by atoms with Crippen molar-refractivity contribution in [3.05, 3.63) is 23.8 Å². The minimum atomic E-state index is 0.811. The van der Waals surface area contributed by atoms with Crippen molar-refractivity contribution in [1.29, 1.82) is 0 Å². The number of benzene rings is 1. The maximum absolute atomic E-state index is 5.45. The fourth-order valence-electron chi connectivity index (χ4n) is 2.47. The lowest BCUT2D eigenvalue weighted by Gasteiger charge is -2.26. The van der Waals surface area contributed by atoms with Gasteiger partial charge in [0.1, 0.15) is 0 Å². The van der Waals surface area contributed by atoms with Gasteiger partial charge in [0.25, 0.3) is 0 Å². The molecule has 0 unspecified atom stereocenters. The number of aryl methyl sites for hydroxylation is 1. The molecule has 1 aromatic rings. The SMILES string of the molecule is COc1cccc(CCCN2CCOCC2)c1OC. The Balaban J connectivity index is 1.88. The number of ether oxygens (including phenoxy) is 3. The van der Waals surface area contributed by atoms with Crippen LogP contribution in [0.15, 0.2) is 18.2 Å². The van der Waals surface area contributed by atoms with Gasteiger partial charge in [-0.05, 0) is 31.0 Å². The molecule has 1 saturated heterocycles. The Bertz CT molecular complexity index is 389. The van der Waals surface area contributed by atoms with E-state index in [0.717, 1.165) is 57.2 Å². The highest BCUT2D eigenvalue weighted by molar-refractivity contribution is 5.46. The topological polar surface area (TPSA) is 30.9 Å². The molecular formula is C15H23NO3. The molecule has 0 aliphatic carbocycles. The number of hydrogen-bond acceptors (Lipinski definition) is 4. The van der Waals surface area contributed by atoms with Gasteiger partial charge in [0.15, 0.2) is 11.5 Å².